The smallest absolute Gasteiger partial charge is 0.0544 e. The molecule has 0 aromatic carbocycles. The highest BCUT2D eigenvalue weighted by atomic mass is 15.2. The molecule has 1 aliphatic carbocycles. The topological polar surface area (TPSA) is 63.8 Å². The minimum atomic E-state index is 0.221. The van der Waals surface area contributed by atoms with Gasteiger partial charge in [-0.15, -0.1) is 0 Å². The monoisotopic (exact) mass is 220 g/mol. The van der Waals surface area contributed by atoms with Gasteiger partial charge in [0.2, 0.25) is 0 Å². The van der Waals surface area contributed by atoms with Gasteiger partial charge < -0.3 is 0 Å². The average molecular weight is 220 g/mol. The zero-order valence-corrected chi connectivity index (χ0v) is 9.60. The van der Waals surface area contributed by atoms with Crippen molar-refractivity contribution in [2.45, 2.75) is 44.6 Å². The summed E-state index contributed by atoms with van der Waals surface area (Å²) < 4.78 is 0. The van der Waals surface area contributed by atoms with E-state index in [4.69, 9.17) is 5.84 Å². The predicted octanol–water partition coefficient (Wildman–Crippen LogP) is 1.95. The van der Waals surface area contributed by atoms with Crippen LogP contribution in [0.1, 0.15) is 50.1 Å². The molecule has 88 valence electrons. The van der Waals surface area contributed by atoms with Crippen LogP contribution in [0.5, 0.6) is 0 Å². The van der Waals surface area contributed by atoms with Crippen molar-refractivity contribution in [3.63, 3.8) is 0 Å². The van der Waals surface area contributed by atoms with Gasteiger partial charge in [-0.1, -0.05) is 32.1 Å². The van der Waals surface area contributed by atoms with Crippen LogP contribution in [0.25, 0.3) is 0 Å². The summed E-state index contributed by atoms with van der Waals surface area (Å²) in [6.45, 7) is 0. The van der Waals surface area contributed by atoms with Gasteiger partial charge in [-0.05, 0) is 24.0 Å². The number of hydrogen-bond acceptors (Lipinski definition) is 4. The van der Waals surface area contributed by atoms with Crippen LogP contribution in [0.4, 0.5) is 0 Å². The Morgan fingerprint density at radius 3 is 2.75 bits per heavy atom. The first-order valence-corrected chi connectivity index (χ1v) is 6.13. The molecule has 0 radical (unpaired) electrons. The second-order valence-corrected chi connectivity index (χ2v) is 4.63. The second-order valence-electron chi connectivity index (χ2n) is 4.63. The van der Waals surface area contributed by atoms with E-state index in [1.807, 2.05) is 6.07 Å². The molecule has 0 spiro atoms. The molecule has 4 heteroatoms. The molecule has 1 aliphatic rings. The Bertz CT molecular complexity index is 295. The van der Waals surface area contributed by atoms with Gasteiger partial charge in [0.1, 0.15) is 0 Å². The molecule has 16 heavy (non-hydrogen) atoms. The molecular weight excluding hydrogens is 200 g/mol. The van der Waals surface area contributed by atoms with Crippen LogP contribution < -0.4 is 11.3 Å². The molecule has 1 saturated carbocycles. The normalized spacial score (nSPS) is 19.6. The standard InChI is InChI=1S/C12H20N4/c13-16-12(11-6-7-14-15-9-11)8-10-4-2-1-3-5-10/h6-7,9-10,12,16H,1-5,8,13H2. The van der Waals surface area contributed by atoms with Gasteiger partial charge in [0.25, 0.3) is 0 Å². The average Bonchev–Trinajstić information content (AvgIpc) is 2.38. The third kappa shape index (κ3) is 3.00. The maximum atomic E-state index is 5.62. The van der Waals surface area contributed by atoms with Gasteiger partial charge in [-0.3, -0.25) is 11.3 Å². The Morgan fingerprint density at radius 1 is 1.31 bits per heavy atom. The molecule has 0 amide bonds. The first-order valence-electron chi connectivity index (χ1n) is 6.13. The number of rotatable bonds is 4. The van der Waals surface area contributed by atoms with Gasteiger partial charge >= 0.3 is 0 Å². The fourth-order valence-corrected chi connectivity index (χ4v) is 2.56. The molecule has 4 nitrogen and oxygen atoms in total. The van der Waals surface area contributed by atoms with Crippen LogP contribution in [0.3, 0.4) is 0 Å². The highest BCUT2D eigenvalue weighted by Gasteiger charge is 2.19. The van der Waals surface area contributed by atoms with Gasteiger partial charge in [0.05, 0.1) is 6.20 Å². The maximum Gasteiger partial charge on any atom is 0.0544 e. The van der Waals surface area contributed by atoms with Crippen molar-refractivity contribution < 1.29 is 0 Å². The largest absolute Gasteiger partial charge is 0.271 e. The minimum absolute atomic E-state index is 0.221. The van der Waals surface area contributed by atoms with Crippen molar-refractivity contribution in [3.05, 3.63) is 24.0 Å². The predicted molar refractivity (Wildman–Crippen MR) is 63.3 cm³/mol. The quantitative estimate of drug-likeness (QED) is 0.601. The van der Waals surface area contributed by atoms with E-state index in [1.54, 1.807) is 12.4 Å². The fourth-order valence-electron chi connectivity index (χ4n) is 2.56. The third-order valence-electron chi connectivity index (χ3n) is 3.50. The number of nitrogens with one attached hydrogen (secondary N) is 1. The number of hydrogen-bond donors (Lipinski definition) is 2. The van der Waals surface area contributed by atoms with Crippen LogP contribution in [0.2, 0.25) is 0 Å². The summed E-state index contributed by atoms with van der Waals surface area (Å²) in [5.74, 6) is 6.43. The maximum absolute atomic E-state index is 5.62. The van der Waals surface area contributed by atoms with E-state index in [1.165, 1.54) is 32.1 Å². The molecule has 1 atom stereocenters. The van der Waals surface area contributed by atoms with Gasteiger partial charge in [0, 0.05) is 12.2 Å². The van der Waals surface area contributed by atoms with Gasteiger partial charge in [0.15, 0.2) is 0 Å². The Hall–Kier alpha value is -1.00. The molecule has 3 N–H and O–H groups in total. The third-order valence-corrected chi connectivity index (χ3v) is 3.50. The van der Waals surface area contributed by atoms with Crippen LogP contribution in [0.15, 0.2) is 18.5 Å². The summed E-state index contributed by atoms with van der Waals surface area (Å²) in [4.78, 5) is 0. The zero-order valence-electron chi connectivity index (χ0n) is 9.60. The lowest BCUT2D eigenvalue weighted by atomic mass is 9.84. The number of hydrazine groups is 1. The van der Waals surface area contributed by atoms with E-state index < -0.39 is 0 Å². The van der Waals surface area contributed by atoms with E-state index in [9.17, 15) is 0 Å². The molecule has 2 rings (SSSR count). The summed E-state index contributed by atoms with van der Waals surface area (Å²) in [6.07, 6.45) is 11.5. The van der Waals surface area contributed by atoms with Crippen LogP contribution in [0, 0.1) is 5.92 Å². The molecule has 1 fully saturated rings. The molecule has 1 aromatic heterocycles. The van der Waals surface area contributed by atoms with Crippen LogP contribution in [-0.2, 0) is 0 Å². The first-order chi connectivity index (χ1) is 7.90. The first kappa shape index (κ1) is 11.5. The lowest BCUT2D eigenvalue weighted by molar-refractivity contribution is 0.300. The molecule has 0 bridgehead atoms. The summed E-state index contributed by atoms with van der Waals surface area (Å²) in [5, 5.41) is 7.69. The van der Waals surface area contributed by atoms with Crippen molar-refractivity contribution >= 4 is 0 Å². The van der Waals surface area contributed by atoms with E-state index in [-0.39, 0.29) is 6.04 Å². The van der Waals surface area contributed by atoms with E-state index in [2.05, 4.69) is 15.6 Å². The van der Waals surface area contributed by atoms with Crippen LogP contribution >= 0.6 is 0 Å². The van der Waals surface area contributed by atoms with Gasteiger partial charge in [-0.25, -0.2) is 0 Å². The summed E-state index contributed by atoms with van der Waals surface area (Å²) in [7, 11) is 0. The van der Waals surface area contributed by atoms with E-state index >= 15 is 0 Å². The Morgan fingerprint density at radius 2 is 2.12 bits per heavy atom. The molecule has 1 unspecified atom stereocenters. The number of nitrogens with zero attached hydrogens (tertiary/aromatic N) is 2. The number of aromatic nitrogens is 2. The second kappa shape index (κ2) is 5.92. The van der Waals surface area contributed by atoms with Gasteiger partial charge in [-0.2, -0.15) is 10.2 Å². The number of nitrogens with two attached hydrogens (primary N) is 1. The fraction of sp³-hybridized carbons (Fsp3) is 0.667. The molecular formula is C12H20N4. The Balaban J connectivity index is 1.94. The lowest BCUT2D eigenvalue weighted by Gasteiger charge is -2.26. The van der Waals surface area contributed by atoms with Crippen molar-refractivity contribution in [1.29, 1.82) is 0 Å². The minimum Gasteiger partial charge on any atom is -0.271 e. The van der Waals surface area contributed by atoms with Crippen molar-refractivity contribution in [2.24, 2.45) is 11.8 Å². The SMILES string of the molecule is NNC(CC1CCCCC1)c1ccnnc1. The Labute approximate surface area is 96.6 Å². The molecule has 1 aromatic rings. The summed E-state index contributed by atoms with van der Waals surface area (Å²) >= 11 is 0. The van der Waals surface area contributed by atoms with E-state index in [0.29, 0.717) is 0 Å². The summed E-state index contributed by atoms with van der Waals surface area (Å²) in [5.41, 5.74) is 4.04. The molecule has 0 aliphatic heterocycles. The van der Waals surface area contributed by atoms with Crippen molar-refractivity contribution in [3.8, 4) is 0 Å². The zero-order chi connectivity index (χ0) is 11.2. The van der Waals surface area contributed by atoms with E-state index in [0.717, 1.165) is 17.9 Å². The highest BCUT2D eigenvalue weighted by Crippen LogP contribution is 2.31. The lowest BCUT2D eigenvalue weighted by Crippen LogP contribution is -2.30. The molecule has 0 saturated heterocycles. The molecule has 1 heterocycles. The van der Waals surface area contributed by atoms with Crippen molar-refractivity contribution in [1.82, 2.24) is 15.6 Å². The summed E-state index contributed by atoms with van der Waals surface area (Å²) in [6, 6.07) is 2.21. The van der Waals surface area contributed by atoms with Crippen LogP contribution in [-0.4, -0.2) is 10.2 Å². The highest BCUT2D eigenvalue weighted by molar-refractivity contribution is 5.11. The Kier molecular flexibility index (Phi) is 4.25. The van der Waals surface area contributed by atoms with Crippen molar-refractivity contribution in [2.75, 3.05) is 0 Å².